The summed E-state index contributed by atoms with van der Waals surface area (Å²) in [5.74, 6) is -0.0310. The molecule has 48 valence electrons. The van der Waals surface area contributed by atoms with Crippen molar-refractivity contribution in [2.24, 2.45) is 0 Å². The van der Waals surface area contributed by atoms with Crippen molar-refractivity contribution in [3.63, 3.8) is 0 Å². The predicted octanol–water partition coefficient (Wildman–Crippen LogP) is 1.34. The first-order valence-corrected chi connectivity index (χ1v) is 3.28. The number of thioether (sulfide) groups is 1. The van der Waals surface area contributed by atoms with Gasteiger partial charge in [0.2, 0.25) is 0 Å². The predicted molar refractivity (Wildman–Crippen MR) is 37.9 cm³/mol. The number of carbonyl (C=O) groups is 1. The molecule has 0 saturated carbocycles. The van der Waals surface area contributed by atoms with Crippen molar-refractivity contribution in [3.05, 3.63) is 12.7 Å². The Morgan fingerprint density at radius 3 is 2.67 bits per heavy atom. The fourth-order valence-electron chi connectivity index (χ4n) is 0.354. The van der Waals surface area contributed by atoms with Crippen LogP contribution in [0, 0.1) is 10.7 Å². The zero-order valence-corrected chi connectivity index (χ0v) is 5.94. The maximum Gasteiger partial charge on any atom is 0.147 e. The number of carbonyl (C=O) groups excluding carboxylic acids is 1. The van der Waals surface area contributed by atoms with Gasteiger partial charge in [-0.15, -0.1) is 6.58 Å². The molecule has 0 N–H and O–H groups in total. The lowest BCUT2D eigenvalue weighted by molar-refractivity contribution is -0.115. The van der Waals surface area contributed by atoms with Crippen LogP contribution >= 0.6 is 11.8 Å². The molecule has 9 heavy (non-hydrogen) atoms. The highest BCUT2D eigenvalue weighted by Gasteiger charge is 2.08. The second-order valence-corrected chi connectivity index (χ2v) is 2.40. The standard InChI is InChI=1S/C6H7NOS/c1-3-6(5(2)8)9-4-7/h3,6H,1H2,2H3. The van der Waals surface area contributed by atoms with Crippen molar-refractivity contribution in [2.45, 2.75) is 12.2 Å². The SMILES string of the molecule is C=CC(SC#N)C(C)=O. The first-order chi connectivity index (χ1) is 4.22. The summed E-state index contributed by atoms with van der Waals surface area (Å²) in [5, 5.41) is 9.60. The summed E-state index contributed by atoms with van der Waals surface area (Å²) in [6, 6.07) is 0. The highest BCUT2D eigenvalue weighted by molar-refractivity contribution is 8.05. The molecule has 2 nitrogen and oxygen atoms in total. The van der Waals surface area contributed by atoms with E-state index in [0.29, 0.717) is 0 Å². The van der Waals surface area contributed by atoms with Crippen LogP contribution in [-0.4, -0.2) is 11.0 Å². The fourth-order valence-corrected chi connectivity index (χ4v) is 0.730. The van der Waals surface area contributed by atoms with Crippen LogP contribution in [0.5, 0.6) is 0 Å². The van der Waals surface area contributed by atoms with Crippen molar-refractivity contribution in [2.75, 3.05) is 0 Å². The molecule has 0 spiro atoms. The number of rotatable bonds is 3. The zero-order valence-electron chi connectivity index (χ0n) is 5.13. The third kappa shape index (κ3) is 2.94. The lowest BCUT2D eigenvalue weighted by atomic mass is 10.3. The van der Waals surface area contributed by atoms with Crippen LogP contribution in [0.2, 0.25) is 0 Å². The van der Waals surface area contributed by atoms with Gasteiger partial charge in [-0.25, -0.2) is 0 Å². The first-order valence-electron chi connectivity index (χ1n) is 2.40. The van der Waals surface area contributed by atoms with Crippen molar-refractivity contribution < 1.29 is 4.79 Å². The minimum absolute atomic E-state index is 0.0310. The van der Waals surface area contributed by atoms with E-state index in [-0.39, 0.29) is 11.0 Å². The van der Waals surface area contributed by atoms with Gasteiger partial charge in [0, 0.05) is 0 Å². The number of hydrogen-bond donors (Lipinski definition) is 0. The third-order valence-electron chi connectivity index (χ3n) is 0.794. The topological polar surface area (TPSA) is 40.9 Å². The minimum atomic E-state index is -0.352. The maximum absolute atomic E-state index is 10.5. The van der Waals surface area contributed by atoms with Crippen molar-refractivity contribution in [1.29, 1.82) is 5.26 Å². The van der Waals surface area contributed by atoms with E-state index in [1.165, 1.54) is 13.0 Å². The van der Waals surface area contributed by atoms with Gasteiger partial charge in [0.05, 0.1) is 5.25 Å². The number of thiocyanates is 1. The minimum Gasteiger partial charge on any atom is -0.298 e. The van der Waals surface area contributed by atoms with Crippen LogP contribution in [0.3, 0.4) is 0 Å². The van der Waals surface area contributed by atoms with Crippen LogP contribution in [0.15, 0.2) is 12.7 Å². The van der Waals surface area contributed by atoms with E-state index >= 15 is 0 Å². The van der Waals surface area contributed by atoms with E-state index in [0.717, 1.165) is 11.8 Å². The molecule has 0 aliphatic rings. The molecular formula is C6H7NOS. The third-order valence-corrected chi connectivity index (χ3v) is 1.68. The summed E-state index contributed by atoms with van der Waals surface area (Å²) in [6.07, 6.45) is 1.47. The Kier molecular flexibility index (Phi) is 3.81. The van der Waals surface area contributed by atoms with Crippen molar-refractivity contribution >= 4 is 17.5 Å². The van der Waals surface area contributed by atoms with Crippen molar-refractivity contribution in [3.8, 4) is 5.40 Å². The molecule has 0 bridgehead atoms. The Balaban J connectivity index is 3.86. The summed E-state index contributed by atoms with van der Waals surface area (Å²) < 4.78 is 0. The second kappa shape index (κ2) is 4.16. The number of hydrogen-bond acceptors (Lipinski definition) is 3. The Bertz CT molecular complexity index is 159. The molecule has 0 fully saturated rings. The molecule has 0 aliphatic carbocycles. The number of nitriles is 1. The Morgan fingerprint density at radius 2 is 2.56 bits per heavy atom. The molecule has 1 atom stereocenters. The highest BCUT2D eigenvalue weighted by atomic mass is 32.2. The number of Topliss-reactive ketones (excluding diaryl/α,β-unsaturated/α-hetero) is 1. The second-order valence-electron chi connectivity index (χ2n) is 1.48. The first kappa shape index (κ1) is 8.25. The van der Waals surface area contributed by atoms with Gasteiger partial charge in [0.25, 0.3) is 0 Å². The normalized spacial score (nSPS) is 11.6. The van der Waals surface area contributed by atoms with E-state index in [1.54, 1.807) is 0 Å². The fraction of sp³-hybridized carbons (Fsp3) is 0.333. The lowest BCUT2D eigenvalue weighted by Crippen LogP contribution is -2.08. The average Bonchev–Trinajstić information content (AvgIpc) is 1.82. The molecule has 3 heteroatoms. The molecule has 0 aromatic heterocycles. The van der Waals surface area contributed by atoms with Crippen LogP contribution < -0.4 is 0 Å². The Hall–Kier alpha value is -0.750. The quantitative estimate of drug-likeness (QED) is 0.440. The molecule has 0 radical (unpaired) electrons. The monoisotopic (exact) mass is 141 g/mol. The van der Waals surface area contributed by atoms with E-state index in [4.69, 9.17) is 5.26 Å². The number of nitrogens with zero attached hydrogens (tertiary/aromatic N) is 1. The largest absolute Gasteiger partial charge is 0.298 e. The van der Waals surface area contributed by atoms with Crippen LogP contribution in [0.25, 0.3) is 0 Å². The maximum atomic E-state index is 10.5. The summed E-state index contributed by atoms with van der Waals surface area (Å²) >= 11 is 0.922. The highest BCUT2D eigenvalue weighted by Crippen LogP contribution is 2.09. The van der Waals surface area contributed by atoms with Gasteiger partial charge in [-0.1, -0.05) is 6.08 Å². The molecule has 0 aromatic rings. The van der Waals surface area contributed by atoms with Crippen LogP contribution in [0.1, 0.15) is 6.92 Å². The molecule has 1 unspecified atom stereocenters. The summed E-state index contributed by atoms with van der Waals surface area (Å²) in [7, 11) is 0. The molecular weight excluding hydrogens is 134 g/mol. The van der Waals surface area contributed by atoms with E-state index in [2.05, 4.69) is 6.58 Å². The van der Waals surface area contributed by atoms with Gasteiger partial charge in [-0.05, 0) is 18.7 Å². The molecule has 0 aliphatic heterocycles. The van der Waals surface area contributed by atoms with Gasteiger partial charge >= 0.3 is 0 Å². The van der Waals surface area contributed by atoms with Gasteiger partial charge in [0.1, 0.15) is 11.2 Å². The number of ketones is 1. The van der Waals surface area contributed by atoms with E-state index in [9.17, 15) is 4.79 Å². The summed E-state index contributed by atoms with van der Waals surface area (Å²) in [6.45, 7) is 4.85. The lowest BCUT2D eigenvalue weighted by Gasteiger charge is -1.97. The van der Waals surface area contributed by atoms with Gasteiger partial charge in [-0.3, -0.25) is 4.79 Å². The van der Waals surface area contributed by atoms with Gasteiger partial charge in [-0.2, -0.15) is 5.26 Å². The smallest absolute Gasteiger partial charge is 0.147 e. The summed E-state index contributed by atoms with van der Waals surface area (Å²) in [5.41, 5.74) is 0. The van der Waals surface area contributed by atoms with E-state index < -0.39 is 0 Å². The Labute approximate surface area is 58.6 Å². The summed E-state index contributed by atoms with van der Waals surface area (Å²) in [4.78, 5) is 10.5. The van der Waals surface area contributed by atoms with Gasteiger partial charge in [0.15, 0.2) is 0 Å². The molecule has 0 aromatic carbocycles. The average molecular weight is 141 g/mol. The zero-order chi connectivity index (χ0) is 7.28. The van der Waals surface area contributed by atoms with Crippen molar-refractivity contribution in [1.82, 2.24) is 0 Å². The van der Waals surface area contributed by atoms with Crippen LogP contribution in [0.4, 0.5) is 0 Å². The molecule has 0 amide bonds. The Morgan fingerprint density at radius 1 is 2.00 bits per heavy atom. The molecule has 0 heterocycles. The van der Waals surface area contributed by atoms with Gasteiger partial charge < -0.3 is 0 Å². The van der Waals surface area contributed by atoms with E-state index in [1.807, 2.05) is 5.40 Å². The van der Waals surface area contributed by atoms with Crippen LogP contribution in [-0.2, 0) is 4.79 Å². The molecule has 0 rings (SSSR count). The molecule has 0 saturated heterocycles.